The molecule has 0 spiro atoms. The molecule has 2 amide bonds. The molecular formula is C19H18F2N2O5. The lowest BCUT2D eigenvalue weighted by atomic mass is 10.2. The van der Waals surface area contributed by atoms with Crippen LogP contribution in [0.2, 0.25) is 0 Å². The number of nitrogens with one attached hydrogen (secondary N) is 2. The first kappa shape index (κ1) is 20.8. The van der Waals surface area contributed by atoms with E-state index >= 15 is 0 Å². The standard InChI is InChI=1S/C19H18F2N2O5/c1-11(17(25)23-15-8-6-14(7-9-15)22-12(2)24)27-18(26)13-4-3-5-16(10-13)28-19(20)21/h3-11,19H,1-2H3,(H,22,24)(H,23,25)/t11-/m0/s1. The molecule has 0 fully saturated rings. The van der Waals surface area contributed by atoms with Crippen molar-refractivity contribution in [3.63, 3.8) is 0 Å². The van der Waals surface area contributed by atoms with Gasteiger partial charge in [-0.2, -0.15) is 8.78 Å². The van der Waals surface area contributed by atoms with Crippen LogP contribution in [0.5, 0.6) is 5.75 Å². The van der Waals surface area contributed by atoms with Crippen LogP contribution in [0.25, 0.3) is 0 Å². The molecule has 148 valence electrons. The molecule has 0 aliphatic heterocycles. The van der Waals surface area contributed by atoms with Crippen molar-refractivity contribution in [1.82, 2.24) is 0 Å². The number of hydrogen-bond donors (Lipinski definition) is 2. The topological polar surface area (TPSA) is 93.7 Å². The number of anilines is 2. The van der Waals surface area contributed by atoms with E-state index in [0.717, 1.165) is 6.07 Å². The summed E-state index contributed by atoms with van der Waals surface area (Å²) in [5, 5.41) is 5.15. The number of benzene rings is 2. The molecule has 0 aromatic heterocycles. The van der Waals surface area contributed by atoms with E-state index in [1.165, 1.54) is 32.0 Å². The summed E-state index contributed by atoms with van der Waals surface area (Å²) in [5.41, 5.74) is 0.975. The van der Waals surface area contributed by atoms with Gasteiger partial charge in [0.25, 0.3) is 5.91 Å². The van der Waals surface area contributed by atoms with Crippen molar-refractivity contribution >= 4 is 29.2 Å². The van der Waals surface area contributed by atoms with Gasteiger partial charge in [-0.1, -0.05) is 6.07 Å². The van der Waals surface area contributed by atoms with Crippen molar-refractivity contribution in [2.75, 3.05) is 10.6 Å². The number of rotatable bonds is 7. The molecule has 7 nitrogen and oxygen atoms in total. The Morgan fingerprint density at radius 3 is 2.14 bits per heavy atom. The molecule has 0 bridgehead atoms. The molecule has 1 atom stereocenters. The van der Waals surface area contributed by atoms with Crippen LogP contribution in [-0.4, -0.2) is 30.5 Å². The third-order valence-corrected chi connectivity index (χ3v) is 3.42. The number of amides is 2. The highest BCUT2D eigenvalue weighted by molar-refractivity contribution is 5.97. The monoisotopic (exact) mass is 392 g/mol. The maximum Gasteiger partial charge on any atom is 0.387 e. The average molecular weight is 392 g/mol. The molecule has 0 unspecified atom stereocenters. The normalized spacial score (nSPS) is 11.5. The molecule has 0 saturated heterocycles. The molecular weight excluding hydrogens is 374 g/mol. The van der Waals surface area contributed by atoms with Crippen LogP contribution in [0.3, 0.4) is 0 Å². The summed E-state index contributed by atoms with van der Waals surface area (Å²) in [6.07, 6.45) is -1.14. The summed E-state index contributed by atoms with van der Waals surface area (Å²) < 4.78 is 33.8. The van der Waals surface area contributed by atoms with E-state index in [-0.39, 0.29) is 17.2 Å². The Balaban J connectivity index is 1.94. The molecule has 0 heterocycles. The van der Waals surface area contributed by atoms with Crippen LogP contribution in [0, 0.1) is 0 Å². The van der Waals surface area contributed by atoms with Crippen LogP contribution < -0.4 is 15.4 Å². The van der Waals surface area contributed by atoms with Crippen molar-refractivity contribution in [2.24, 2.45) is 0 Å². The molecule has 28 heavy (non-hydrogen) atoms. The van der Waals surface area contributed by atoms with Gasteiger partial charge in [0.2, 0.25) is 5.91 Å². The van der Waals surface area contributed by atoms with Gasteiger partial charge >= 0.3 is 12.6 Å². The fourth-order valence-corrected chi connectivity index (χ4v) is 2.17. The van der Waals surface area contributed by atoms with E-state index in [4.69, 9.17) is 4.74 Å². The van der Waals surface area contributed by atoms with E-state index in [1.54, 1.807) is 24.3 Å². The van der Waals surface area contributed by atoms with Gasteiger partial charge in [0.15, 0.2) is 6.10 Å². The van der Waals surface area contributed by atoms with Crippen LogP contribution in [0.15, 0.2) is 48.5 Å². The first-order chi connectivity index (χ1) is 13.2. The van der Waals surface area contributed by atoms with Gasteiger partial charge in [-0.05, 0) is 49.4 Å². The van der Waals surface area contributed by atoms with Gasteiger partial charge in [0.05, 0.1) is 5.56 Å². The van der Waals surface area contributed by atoms with Gasteiger partial charge in [0.1, 0.15) is 5.75 Å². The summed E-state index contributed by atoms with van der Waals surface area (Å²) in [6, 6.07) is 11.4. The van der Waals surface area contributed by atoms with Gasteiger partial charge in [-0.15, -0.1) is 0 Å². The molecule has 0 aliphatic rings. The minimum Gasteiger partial charge on any atom is -0.449 e. The van der Waals surface area contributed by atoms with Gasteiger partial charge in [-0.3, -0.25) is 9.59 Å². The second-order valence-electron chi connectivity index (χ2n) is 5.70. The fraction of sp³-hybridized carbons (Fsp3) is 0.211. The first-order valence-electron chi connectivity index (χ1n) is 8.19. The zero-order valence-corrected chi connectivity index (χ0v) is 15.1. The van der Waals surface area contributed by atoms with E-state index in [9.17, 15) is 23.2 Å². The highest BCUT2D eigenvalue weighted by atomic mass is 19.3. The van der Waals surface area contributed by atoms with Crippen molar-refractivity contribution < 1.29 is 32.6 Å². The number of alkyl halides is 2. The zero-order valence-electron chi connectivity index (χ0n) is 15.1. The predicted octanol–water partition coefficient (Wildman–Crippen LogP) is 3.43. The van der Waals surface area contributed by atoms with Gasteiger partial charge in [0, 0.05) is 18.3 Å². The Bertz CT molecular complexity index is 856. The van der Waals surface area contributed by atoms with Gasteiger partial charge < -0.3 is 20.1 Å². The number of carbonyl (C=O) groups is 3. The second kappa shape index (κ2) is 9.45. The average Bonchev–Trinajstić information content (AvgIpc) is 2.62. The molecule has 0 radical (unpaired) electrons. The third kappa shape index (κ3) is 6.35. The van der Waals surface area contributed by atoms with Crippen molar-refractivity contribution in [1.29, 1.82) is 0 Å². The predicted molar refractivity (Wildman–Crippen MR) is 97.3 cm³/mol. The van der Waals surface area contributed by atoms with Crippen molar-refractivity contribution in [3.8, 4) is 5.75 Å². The van der Waals surface area contributed by atoms with Crippen molar-refractivity contribution in [3.05, 3.63) is 54.1 Å². The van der Waals surface area contributed by atoms with Crippen LogP contribution in [-0.2, 0) is 14.3 Å². The SMILES string of the molecule is CC(=O)Nc1ccc(NC(=O)[C@H](C)OC(=O)c2cccc(OC(F)F)c2)cc1. The summed E-state index contributed by atoms with van der Waals surface area (Å²) >= 11 is 0. The zero-order chi connectivity index (χ0) is 20.7. The Hall–Kier alpha value is -3.49. The van der Waals surface area contributed by atoms with E-state index in [2.05, 4.69) is 15.4 Å². The number of ether oxygens (including phenoxy) is 2. The summed E-state index contributed by atoms with van der Waals surface area (Å²) in [6.45, 7) is -0.271. The lowest BCUT2D eigenvalue weighted by molar-refractivity contribution is -0.123. The molecule has 2 rings (SSSR count). The highest BCUT2D eigenvalue weighted by Gasteiger charge is 2.20. The number of halogens is 2. The summed E-state index contributed by atoms with van der Waals surface area (Å²) in [4.78, 5) is 35.3. The Kier molecular flexibility index (Phi) is 7.02. The molecule has 2 aromatic rings. The van der Waals surface area contributed by atoms with Gasteiger partial charge in [-0.25, -0.2) is 4.79 Å². The Labute approximate surface area is 159 Å². The summed E-state index contributed by atoms with van der Waals surface area (Å²) in [7, 11) is 0. The largest absolute Gasteiger partial charge is 0.449 e. The maximum absolute atomic E-state index is 12.3. The minimum atomic E-state index is -3.02. The molecule has 9 heteroatoms. The number of esters is 1. The van der Waals surface area contributed by atoms with Crippen LogP contribution in [0.1, 0.15) is 24.2 Å². The minimum absolute atomic E-state index is 0.0301. The van der Waals surface area contributed by atoms with Crippen LogP contribution >= 0.6 is 0 Å². The first-order valence-corrected chi connectivity index (χ1v) is 8.19. The highest BCUT2D eigenvalue weighted by Crippen LogP contribution is 2.18. The molecule has 0 aliphatic carbocycles. The third-order valence-electron chi connectivity index (χ3n) is 3.42. The fourth-order valence-electron chi connectivity index (χ4n) is 2.17. The van der Waals surface area contributed by atoms with E-state index < -0.39 is 24.6 Å². The Morgan fingerprint density at radius 1 is 0.964 bits per heavy atom. The smallest absolute Gasteiger partial charge is 0.387 e. The summed E-state index contributed by atoms with van der Waals surface area (Å²) in [5.74, 6) is -1.86. The van der Waals surface area contributed by atoms with Crippen LogP contribution in [0.4, 0.5) is 20.2 Å². The Morgan fingerprint density at radius 2 is 1.57 bits per heavy atom. The molecule has 0 saturated carbocycles. The lowest BCUT2D eigenvalue weighted by Gasteiger charge is -2.14. The molecule has 2 aromatic carbocycles. The van der Waals surface area contributed by atoms with Crippen molar-refractivity contribution in [2.45, 2.75) is 26.6 Å². The second-order valence-corrected chi connectivity index (χ2v) is 5.70. The lowest BCUT2D eigenvalue weighted by Crippen LogP contribution is -2.30. The van der Waals surface area contributed by atoms with E-state index in [0.29, 0.717) is 11.4 Å². The quantitative estimate of drug-likeness (QED) is 0.704. The maximum atomic E-state index is 12.3. The molecule has 2 N–H and O–H groups in total. The van der Waals surface area contributed by atoms with E-state index in [1.807, 2.05) is 0 Å². The number of hydrogen-bond acceptors (Lipinski definition) is 5. The number of carbonyl (C=O) groups excluding carboxylic acids is 3.